The molecule has 1 saturated heterocycles. The third kappa shape index (κ3) is 4.35. The summed E-state index contributed by atoms with van der Waals surface area (Å²) in [5.41, 5.74) is 5.20. The Hall–Kier alpha value is -0.810. The zero-order chi connectivity index (χ0) is 13.6. The maximum absolute atomic E-state index is 12.3. The van der Waals surface area contributed by atoms with Crippen LogP contribution in [0.5, 0.6) is 0 Å². The Morgan fingerprint density at radius 3 is 2.58 bits per heavy atom. The summed E-state index contributed by atoms with van der Waals surface area (Å²) in [5.74, 6) is -0.156. The maximum atomic E-state index is 12.3. The van der Waals surface area contributed by atoms with Crippen LogP contribution in [0.3, 0.4) is 0 Å². The predicted octanol–water partition coefficient (Wildman–Crippen LogP) is 0.958. The van der Waals surface area contributed by atoms with Crippen molar-refractivity contribution in [2.75, 3.05) is 13.1 Å². The fraction of sp³-hybridized carbons (Fsp3) is 0.846. The molecule has 1 aliphatic heterocycles. The van der Waals surface area contributed by atoms with Gasteiger partial charge in [-0.2, -0.15) is 0 Å². The molecule has 4 N–H and O–H groups in total. The van der Waals surface area contributed by atoms with Crippen LogP contribution in [0.4, 0.5) is 0 Å². The Kier molecular flexibility index (Phi) is 8.02. The van der Waals surface area contributed by atoms with Gasteiger partial charge in [0.05, 0.1) is 5.41 Å². The van der Waals surface area contributed by atoms with Crippen LogP contribution in [0.1, 0.15) is 46.0 Å². The second kappa shape index (κ2) is 8.38. The molecule has 1 unspecified atom stereocenters. The number of halogens is 1. The molecule has 19 heavy (non-hydrogen) atoms. The summed E-state index contributed by atoms with van der Waals surface area (Å²) in [6.45, 7) is 4.95. The molecule has 0 aromatic rings. The molecule has 1 rings (SSSR count). The van der Waals surface area contributed by atoms with Gasteiger partial charge in [-0.25, -0.2) is 0 Å². The molecule has 0 spiro atoms. The quantitative estimate of drug-likeness (QED) is 0.705. The SMILES string of the molecule is CCC(CC)(CN)C(=O)NC1CCCCNC1=O.Cl. The van der Waals surface area contributed by atoms with Crippen molar-refractivity contribution in [2.45, 2.75) is 52.0 Å². The van der Waals surface area contributed by atoms with Crippen molar-refractivity contribution >= 4 is 24.2 Å². The van der Waals surface area contributed by atoms with Crippen LogP contribution in [0.15, 0.2) is 0 Å². The molecule has 0 aromatic carbocycles. The second-order valence-corrected chi connectivity index (χ2v) is 5.00. The molecule has 0 aliphatic carbocycles. The zero-order valence-corrected chi connectivity index (χ0v) is 12.6. The van der Waals surface area contributed by atoms with Crippen molar-refractivity contribution < 1.29 is 9.59 Å². The fourth-order valence-corrected chi connectivity index (χ4v) is 2.34. The van der Waals surface area contributed by atoms with Crippen LogP contribution in [0.25, 0.3) is 0 Å². The van der Waals surface area contributed by atoms with E-state index in [0.29, 0.717) is 32.4 Å². The lowest BCUT2D eigenvalue weighted by atomic mass is 9.81. The molecule has 0 aromatic heterocycles. The Bertz CT molecular complexity index is 298. The summed E-state index contributed by atoms with van der Waals surface area (Å²) >= 11 is 0. The van der Waals surface area contributed by atoms with Crippen molar-refractivity contribution in [3.8, 4) is 0 Å². The van der Waals surface area contributed by atoms with Crippen molar-refractivity contribution in [2.24, 2.45) is 11.1 Å². The van der Waals surface area contributed by atoms with E-state index in [1.54, 1.807) is 0 Å². The predicted molar refractivity (Wildman–Crippen MR) is 78.1 cm³/mol. The van der Waals surface area contributed by atoms with E-state index in [-0.39, 0.29) is 24.2 Å². The van der Waals surface area contributed by atoms with Gasteiger partial charge in [-0.3, -0.25) is 9.59 Å². The van der Waals surface area contributed by atoms with Crippen molar-refractivity contribution in [1.29, 1.82) is 0 Å². The molecule has 5 nitrogen and oxygen atoms in total. The van der Waals surface area contributed by atoms with E-state index in [9.17, 15) is 9.59 Å². The van der Waals surface area contributed by atoms with Crippen LogP contribution in [-0.2, 0) is 9.59 Å². The van der Waals surface area contributed by atoms with Gasteiger partial charge in [0.25, 0.3) is 0 Å². The van der Waals surface area contributed by atoms with Crippen LogP contribution in [0, 0.1) is 5.41 Å². The van der Waals surface area contributed by atoms with Gasteiger partial charge in [0.15, 0.2) is 0 Å². The lowest BCUT2D eigenvalue weighted by Gasteiger charge is -2.30. The van der Waals surface area contributed by atoms with Crippen molar-refractivity contribution in [3.05, 3.63) is 0 Å². The van der Waals surface area contributed by atoms with E-state index in [1.165, 1.54) is 0 Å². The fourth-order valence-electron chi connectivity index (χ4n) is 2.34. The minimum Gasteiger partial charge on any atom is -0.354 e. The van der Waals surface area contributed by atoms with E-state index in [0.717, 1.165) is 12.8 Å². The van der Waals surface area contributed by atoms with Crippen LogP contribution < -0.4 is 16.4 Å². The summed E-state index contributed by atoms with van der Waals surface area (Å²) < 4.78 is 0. The van der Waals surface area contributed by atoms with Crippen LogP contribution in [0.2, 0.25) is 0 Å². The van der Waals surface area contributed by atoms with E-state index in [2.05, 4.69) is 10.6 Å². The number of carbonyl (C=O) groups is 2. The topological polar surface area (TPSA) is 84.2 Å². The van der Waals surface area contributed by atoms with Crippen LogP contribution in [-0.4, -0.2) is 30.9 Å². The molecule has 112 valence electrons. The number of amides is 2. The first-order chi connectivity index (χ1) is 8.59. The molecule has 1 heterocycles. The molecule has 1 aliphatic rings. The summed E-state index contributed by atoms with van der Waals surface area (Å²) in [6, 6.07) is -0.399. The minimum atomic E-state index is -0.535. The Morgan fingerprint density at radius 1 is 1.42 bits per heavy atom. The lowest BCUT2D eigenvalue weighted by Crippen LogP contribution is -2.52. The van der Waals surface area contributed by atoms with Gasteiger partial charge in [0.1, 0.15) is 6.04 Å². The third-order valence-electron chi connectivity index (χ3n) is 4.07. The van der Waals surface area contributed by atoms with Crippen molar-refractivity contribution in [1.82, 2.24) is 10.6 Å². The summed E-state index contributed by atoms with van der Waals surface area (Å²) in [4.78, 5) is 24.1. The lowest BCUT2D eigenvalue weighted by molar-refractivity contribution is -0.135. The van der Waals surface area contributed by atoms with Gasteiger partial charge < -0.3 is 16.4 Å². The largest absolute Gasteiger partial charge is 0.354 e. The van der Waals surface area contributed by atoms with Crippen molar-refractivity contribution in [3.63, 3.8) is 0 Å². The first-order valence-corrected chi connectivity index (χ1v) is 6.88. The highest BCUT2D eigenvalue weighted by molar-refractivity contribution is 5.90. The Balaban J connectivity index is 0.00000324. The molecule has 0 saturated carbocycles. The number of nitrogens with two attached hydrogens (primary N) is 1. The first kappa shape index (κ1) is 18.2. The van der Waals surface area contributed by atoms with Crippen LogP contribution >= 0.6 is 12.4 Å². The number of nitrogens with one attached hydrogen (secondary N) is 2. The minimum absolute atomic E-state index is 0. The zero-order valence-electron chi connectivity index (χ0n) is 11.8. The molecular weight excluding hydrogens is 266 g/mol. The Labute approximate surface area is 121 Å². The standard InChI is InChI=1S/C13H25N3O2.ClH/c1-3-13(4-2,9-14)12(18)16-10-7-5-6-8-15-11(10)17;/h10H,3-9,14H2,1-2H3,(H,15,17)(H,16,18);1H. The van der Waals surface area contributed by atoms with E-state index < -0.39 is 11.5 Å². The van der Waals surface area contributed by atoms with E-state index in [1.807, 2.05) is 13.8 Å². The first-order valence-electron chi connectivity index (χ1n) is 6.88. The highest BCUT2D eigenvalue weighted by Crippen LogP contribution is 2.25. The average Bonchev–Trinajstić information content (AvgIpc) is 2.58. The molecule has 1 fully saturated rings. The maximum Gasteiger partial charge on any atom is 0.242 e. The van der Waals surface area contributed by atoms with Gasteiger partial charge in [0.2, 0.25) is 11.8 Å². The highest BCUT2D eigenvalue weighted by atomic mass is 35.5. The summed E-state index contributed by atoms with van der Waals surface area (Å²) in [5, 5.41) is 5.69. The molecule has 0 radical (unpaired) electrons. The number of carbonyl (C=O) groups excluding carboxylic acids is 2. The van der Waals surface area contributed by atoms with Gasteiger partial charge >= 0.3 is 0 Å². The second-order valence-electron chi connectivity index (χ2n) is 5.00. The average molecular weight is 292 g/mol. The number of hydrogen-bond donors (Lipinski definition) is 3. The monoisotopic (exact) mass is 291 g/mol. The highest BCUT2D eigenvalue weighted by Gasteiger charge is 2.35. The molecular formula is C13H26ClN3O2. The van der Waals surface area contributed by atoms with Gasteiger partial charge in [0, 0.05) is 13.1 Å². The summed E-state index contributed by atoms with van der Waals surface area (Å²) in [7, 11) is 0. The third-order valence-corrected chi connectivity index (χ3v) is 4.07. The number of hydrogen-bond acceptors (Lipinski definition) is 3. The molecule has 6 heteroatoms. The van der Waals surface area contributed by atoms with Gasteiger partial charge in [-0.05, 0) is 32.1 Å². The van der Waals surface area contributed by atoms with E-state index >= 15 is 0 Å². The Morgan fingerprint density at radius 2 is 2.05 bits per heavy atom. The summed E-state index contributed by atoms with van der Waals surface area (Å²) in [6.07, 6.45) is 4.03. The molecule has 2 amide bonds. The smallest absolute Gasteiger partial charge is 0.242 e. The van der Waals surface area contributed by atoms with Gasteiger partial charge in [-0.15, -0.1) is 12.4 Å². The van der Waals surface area contributed by atoms with E-state index in [4.69, 9.17) is 5.73 Å². The molecule has 1 atom stereocenters. The van der Waals surface area contributed by atoms with Gasteiger partial charge in [-0.1, -0.05) is 13.8 Å². The normalized spacial score (nSPS) is 19.9. The molecule has 0 bridgehead atoms. The number of rotatable bonds is 5.